The molecule has 2 heterocycles. The first kappa shape index (κ1) is 14.6. The van der Waals surface area contributed by atoms with E-state index in [2.05, 4.69) is 5.32 Å². The topological polar surface area (TPSA) is 54.3 Å². The summed E-state index contributed by atoms with van der Waals surface area (Å²) in [5.74, 6) is 0. The zero-order valence-corrected chi connectivity index (χ0v) is 13.4. The Bertz CT molecular complexity index is 780. The van der Waals surface area contributed by atoms with Crippen LogP contribution < -0.4 is 5.32 Å². The van der Waals surface area contributed by atoms with Crippen molar-refractivity contribution in [3.05, 3.63) is 30.0 Å². The minimum atomic E-state index is -3.45. The highest BCUT2D eigenvalue weighted by Crippen LogP contribution is 2.32. The van der Waals surface area contributed by atoms with Crippen LogP contribution in [0, 0.1) is 6.92 Å². The quantitative estimate of drug-likeness (QED) is 0.934. The van der Waals surface area contributed by atoms with Crippen LogP contribution in [-0.4, -0.2) is 43.5 Å². The van der Waals surface area contributed by atoms with Gasteiger partial charge in [-0.2, -0.15) is 4.31 Å². The number of rotatable bonds is 3. The maximum absolute atomic E-state index is 13.0. The number of nitrogens with zero attached hydrogens (tertiary/aromatic N) is 2. The minimum Gasteiger partial charge on any atom is -0.347 e. The normalized spacial score (nSPS) is 20.4. The smallest absolute Gasteiger partial charge is 0.245 e. The molecule has 1 aromatic heterocycles. The van der Waals surface area contributed by atoms with E-state index in [4.69, 9.17) is 0 Å². The van der Waals surface area contributed by atoms with Crippen molar-refractivity contribution in [3.63, 3.8) is 0 Å². The van der Waals surface area contributed by atoms with Crippen LogP contribution in [0.1, 0.15) is 12.1 Å². The molecule has 21 heavy (non-hydrogen) atoms. The van der Waals surface area contributed by atoms with E-state index in [0.717, 1.165) is 23.0 Å². The molecule has 1 N–H and O–H groups in total. The number of benzene rings is 1. The molecule has 114 valence electrons. The summed E-state index contributed by atoms with van der Waals surface area (Å²) >= 11 is 0. The molecule has 3 rings (SSSR count). The number of sulfonamides is 1. The lowest BCUT2D eigenvalue weighted by Crippen LogP contribution is -2.33. The van der Waals surface area contributed by atoms with Gasteiger partial charge in [0.15, 0.2) is 0 Å². The van der Waals surface area contributed by atoms with E-state index in [-0.39, 0.29) is 6.04 Å². The van der Waals surface area contributed by atoms with Gasteiger partial charge < -0.3 is 9.88 Å². The minimum absolute atomic E-state index is 0.245. The molecule has 1 saturated heterocycles. The summed E-state index contributed by atoms with van der Waals surface area (Å²) in [6.07, 6.45) is 0.861. The molecule has 0 spiro atoms. The van der Waals surface area contributed by atoms with E-state index >= 15 is 0 Å². The van der Waals surface area contributed by atoms with Gasteiger partial charge in [0, 0.05) is 42.8 Å². The third-order valence-corrected chi connectivity index (χ3v) is 6.54. The lowest BCUT2D eigenvalue weighted by atomic mass is 10.2. The van der Waals surface area contributed by atoms with Crippen LogP contribution in [-0.2, 0) is 17.1 Å². The molecule has 1 fully saturated rings. The SMILES string of the molecule is CNC1CCN(S(=O)(=O)c2c(C)n(C)c3ccccc23)C1. The van der Waals surface area contributed by atoms with Gasteiger partial charge in [-0.25, -0.2) is 8.42 Å². The van der Waals surface area contributed by atoms with Gasteiger partial charge in [-0.15, -0.1) is 0 Å². The Hall–Kier alpha value is -1.37. The fourth-order valence-corrected chi connectivity index (χ4v) is 5.06. The zero-order chi connectivity index (χ0) is 15.2. The van der Waals surface area contributed by atoms with Gasteiger partial charge in [-0.05, 0) is 26.5 Å². The molecule has 1 aliphatic heterocycles. The highest BCUT2D eigenvalue weighted by Gasteiger charge is 2.35. The highest BCUT2D eigenvalue weighted by atomic mass is 32.2. The highest BCUT2D eigenvalue weighted by molar-refractivity contribution is 7.89. The Morgan fingerprint density at radius 1 is 1.29 bits per heavy atom. The second-order valence-corrected chi connectivity index (χ2v) is 7.50. The van der Waals surface area contributed by atoms with E-state index in [1.807, 2.05) is 49.9 Å². The maximum Gasteiger partial charge on any atom is 0.245 e. The maximum atomic E-state index is 13.0. The van der Waals surface area contributed by atoms with Gasteiger partial charge >= 0.3 is 0 Å². The summed E-state index contributed by atoms with van der Waals surface area (Å²) in [6, 6.07) is 7.92. The molecule has 0 bridgehead atoms. The summed E-state index contributed by atoms with van der Waals surface area (Å²) in [7, 11) is 0.347. The molecule has 1 aliphatic rings. The van der Waals surface area contributed by atoms with E-state index in [0.29, 0.717) is 18.0 Å². The monoisotopic (exact) mass is 307 g/mol. The first-order valence-corrected chi connectivity index (χ1v) is 8.62. The van der Waals surface area contributed by atoms with Crippen LogP contribution in [0.5, 0.6) is 0 Å². The molecule has 0 radical (unpaired) electrons. The number of likely N-dealkylation sites (N-methyl/N-ethyl adjacent to an activating group) is 1. The average Bonchev–Trinajstić information content (AvgIpc) is 3.05. The van der Waals surface area contributed by atoms with Crippen molar-refractivity contribution < 1.29 is 8.42 Å². The first-order chi connectivity index (χ1) is 9.96. The molecule has 2 aromatic rings. The standard InChI is InChI=1S/C15H21N3O2S/c1-11-15(13-6-4-5-7-14(13)17(11)3)21(19,20)18-9-8-12(10-18)16-2/h4-7,12,16H,8-10H2,1-3H3. The van der Waals surface area contributed by atoms with Gasteiger partial charge in [0.25, 0.3) is 0 Å². The van der Waals surface area contributed by atoms with Crippen LogP contribution in [0.3, 0.4) is 0 Å². The molecule has 6 heteroatoms. The van der Waals surface area contributed by atoms with Crippen molar-refractivity contribution in [2.45, 2.75) is 24.3 Å². The lowest BCUT2D eigenvalue weighted by molar-refractivity contribution is 0.464. The summed E-state index contributed by atoms with van der Waals surface area (Å²) in [6.45, 7) is 3.00. The van der Waals surface area contributed by atoms with Gasteiger partial charge in [-0.3, -0.25) is 0 Å². The fourth-order valence-electron chi connectivity index (χ4n) is 3.12. The Morgan fingerprint density at radius 2 is 2.00 bits per heavy atom. The zero-order valence-electron chi connectivity index (χ0n) is 12.6. The van der Waals surface area contributed by atoms with Crippen molar-refractivity contribution in [1.29, 1.82) is 0 Å². The largest absolute Gasteiger partial charge is 0.347 e. The Labute approximate surface area is 125 Å². The number of hydrogen-bond acceptors (Lipinski definition) is 3. The molecule has 1 aromatic carbocycles. The van der Waals surface area contributed by atoms with Crippen LogP contribution in [0.25, 0.3) is 10.9 Å². The van der Waals surface area contributed by atoms with Crippen molar-refractivity contribution >= 4 is 20.9 Å². The van der Waals surface area contributed by atoms with E-state index in [1.165, 1.54) is 0 Å². The third-order valence-electron chi connectivity index (χ3n) is 4.50. The number of fused-ring (bicyclic) bond motifs is 1. The molecule has 5 nitrogen and oxygen atoms in total. The van der Waals surface area contributed by atoms with Crippen LogP contribution in [0.15, 0.2) is 29.2 Å². The number of hydrogen-bond donors (Lipinski definition) is 1. The van der Waals surface area contributed by atoms with Crippen LogP contribution in [0.2, 0.25) is 0 Å². The second-order valence-electron chi connectivity index (χ2n) is 5.63. The second kappa shape index (κ2) is 5.12. The number of aromatic nitrogens is 1. The van der Waals surface area contributed by atoms with Crippen molar-refractivity contribution in [3.8, 4) is 0 Å². The summed E-state index contributed by atoms with van der Waals surface area (Å²) in [5.41, 5.74) is 1.75. The molecule has 0 aliphatic carbocycles. The molecular formula is C15H21N3O2S. The van der Waals surface area contributed by atoms with Gasteiger partial charge in [0.2, 0.25) is 10.0 Å². The van der Waals surface area contributed by atoms with E-state index in [9.17, 15) is 8.42 Å². The van der Waals surface area contributed by atoms with E-state index in [1.54, 1.807) is 4.31 Å². The predicted octanol–water partition coefficient (Wildman–Crippen LogP) is 1.47. The van der Waals surface area contributed by atoms with Gasteiger partial charge in [0.05, 0.1) is 0 Å². The molecule has 1 unspecified atom stereocenters. The Kier molecular flexibility index (Phi) is 3.55. The average molecular weight is 307 g/mol. The van der Waals surface area contributed by atoms with Gasteiger partial charge in [-0.1, -0.05) is 18.2 Å². The lowest BCUT2D eigenvalue weighted by Gasteiger charge is -2.17. The first-order valence-electron chi connectivity index (χ1n) is 7.18. The van der Waals surface area contributed by atoms with Crippen molar-refractivity contribution in [2.75, 3.05) is 20.1 Å². The number of nitrogens with one attached hydrogen (secondary N) is 1. The summed E-state index contributed by atoms with van der Waals surface area (Å²) in [4.78, 5) is 0.456. The summed E-state index contributed by atoms with van der Waals surface area (Å²) < 4.78 is 29.6. The van der Waals surface area contributed by atoms with Crippen molar-refractivity contribution in [2.24, 2.45) is 7.05 Å². The van der Waals surface area contributed by atoms with Crippen LogP contribution in [0.4, 0.5) is 0 Å². The third kappa shape index (κ3) is 2.18. The molecule has 0 amide bonds. The Morgan fingerprint density at radius 3 is 2.67 bits per heavy atom. The summed E-state index contributed by atoms with van der Waals surface area (Å²) in [5, 5.41) is 3.97. The van der Waals surface area contributed by atoms with Crippen LogP contribution >= 0.6 is 0 Å². The van der Waals surface area contributed by atoms with Gasteiger partial charge in [0.1, 0.15) is 4.90 Å². The van der Waals surface area contributed by atoms with E-state index < -0.39 is 10.0 Å². The molecular weight excluding hydrogens is 286 g/mol. The predicted molar refractivity (Wildman–Crippen MR) is 83.9 cm³/mol. The number of aryl methyl sites for hydroxylation is 1. The molecule has 0 saturated carbocycles. The Balaban J connectivity index is 2.14. The fraction of sp³-hybridized carbons (Fsp3) is 0.467. The van der Waals surface area contributed by atoms with Crippen molar-refractivity contribution in [1.82, 2.24) is 14.2 Å². The number of para-hydroxylation sites is 1. The molecule has 1 atom stereocenters.